The molecule has 0 aliphatic carbocycles. The first-order valence-corrected chi connectivity index (χ1v) is 5.07. The molecule has 0 unspecified atom stereocenters. The number of rotatable bonds is 4. The van der Waals surface area contributed by atoms with Crippen molar-refractivity contribution in [2.24, 2.45) is 0 Å². The maximum absolute atomic E-state index is 11.7. The summed E-state index contributed by atoms with van der Waals surface area (Å²) in [6, 6.07) is 0. The minimum absolute atomic E-state index is 0.0371. The zero-order valence-electron chi connectivity index (χ0n) is 8.11. The molecule has 0 radical (unpaired) electrons. The van der Waals surface area contributed by atoms with Crippen molar-refractivity contribution in [3.63, 3.8) is 0 Å². The number of amides is 1. The van der Waals surface area contributed by atoms with Gasteiger partial charge in [0.05, 0.1) is 41.2 Å². The number of carbonyl (C=O) groups is 1. The zero-order chi connectivity index (χ0) is 10.6. The summed E-state index contributed by atoms with van der Waals surface area (Å²) in [7, 11) is 3.35. The van der Waals surface area contributed by atoms with Crippen LogP contribution in [0.5, 0.6) is 0 Å². The molecule has 0 N–H and O–H groups in total. The Bertz CT molecular complexity index is 313. The molecule has 14 heavy (non-hydrogen) atoms. The van der Waals surface area contributed by atoms with Crippen molar-refractivity contribution in [1.29, 1.82) is 0 Å². The molecule has 0 bridgehead atoms. The number of likely N-dealkylation sites (N-methyl/N-ethyl adjacent to an activating group) is 1. The minimum atomic E-state index is -0.0371. The highest BCUT2D eigenvalue weighted by Crippen LogP contribution is 2.04. The van der Waals surface area contributed by atoms with E-state index in [1.54, 1.807) is 34.3 Å². The van der Waals surface area contributed by atoms with Crippen LogP contribution in [0.1, 0.15) is 10.4 Å². The molecule has 0 atom stereocenters. The number of nitrogens with zero attached hydrogens (tertiary/aromatic N) is 3. The molecule has 1 aromatic heterocycles. The molecular formula is C8H12IN3O2. The van der Waals surface area contributed by atoms with E-state index in [2.05, 4.69) is 5.10 Å². The monoisotopic (exact) mass is 309 g/mol. The lowest BCUT2D eigenvalue weighted by molar-refractivity contribution is 0.0744. The lowest BCUT2D eigenvalue weighted by Crippen LogP contribution is -2.29. The predicted molar refractivity (Wildman–Crippen MR) is 60.5 cm³/mol. The summed E-state index contributed by atoms with van der Waals surface area (Å²) in [5, 5.41) is 3.92. The third-order valence-electron chi connectivity index (χ3n) is 1.78. The van der Waals surface area contributed by atoms with E-state index >= 15 is 0 Å². The van der Waals surface area contributed by atoms with Crippen LogP contribution in [-0.4, -0.2) is 46.1 Å². The van der Waals surface area contributed by atoms with E-state index in [-0.39, 0.29) is 5.91 Å². The first kappa shape index (κ1) is 11.4. The molecule has 0 aliphatic heterocycles. The standard InChI is InChI=1S/C8H12IN3O2/c1-11(3-4-14-2)8(13)7-5-10-12(9)6-7/h5-6H,3-4H2,1-2H3. The lowest BCUT2D eigenvalue weighted by Gasteiger charge is -2.14. The smallest absolute Gasteiger partial charge is 0.256 e. The molecule has 1 aromatic rings. The molecule has 0 saturated heterocycles. The van der Waals surface area contributed by atoms with Gasteiger partial charge in [0.25, 0.3) is 5.91 Å². The van der Waals surface area contributed by atoms with Gasteiger partial charge >= 0.3 is 0 Å². The topological polar surface area (TPSA) is 47.4 Å². The Morgan fingerprint density at radius 3 is 3.00 bits per heavy atom. The van der Waals surface area contributed by atoms with Crippen LogP contribution < -0.4 is 0 Å². The van der Waals surface area contributed by atoms with Gasteiger partial charge in [-0.3, -0.25) is 4.79 Å². The first-order valence-electron chi connectivity index (χ1n) is 4.10. The van der Waals surface area contributed by atoms with Crippen LogP contribution in [0.4, 0.5) is 0 Å². The van der Waals surface area contributed by atoms with E-state index in [1.165, 1.54) is 0 Å². The van der Waals surface area contributed by atoms with Crippen molar-refractivity contribution >= 4 is 28.8 Å². The number of halogens is 1. The van der Waals surface area contributed by atoms with Crippen molar-refractivity contribution in [1.82, 2.24) is 12.9 Å². The molecule has 1 amide bonds. The number of carbonyl (C=O) groups excluding carboxylic acids is 1. The van der Waals surface area contributed by atoms with Gasteiger partial charge in [-0.05, 0) is 0 Å². The second-order valence-electron chi connectivity index (χ2n) is 2.84. The fourth-order valence-electron chi connectivity index (χ4n) is 0.959. The molecule has 0 spiro atoms. The fraction of sp³-hybridized carbons (Fsp3) is 0.500. The van der Waals surface area contributed by atoms with Crippen molar-refractivity contribution in [3.05, 3.63) is 18.0 Å². The van der Waals surface area contributed by atoms with Crippen LogP contribution in [0.3, 0.4) is 0 Å². The zero-order valence-corrected chi connectivity index (χ0v) is 10.3. The average molecular weight is 309 g/mol. The number of hydrogen-bond donors (Lipinski definition) is 0. The van der Waals surface area contributed by atoms with Gasteiger partial charge < -0.3 is 9.64 Å². The normalized spacial score (nSPS) is 10.2. The van der Waals surface area contributed by atoms with Crippen LogP contribution in [0.15, 0.2) is 12.4 Å². The van der Waals surface area contributed by atoms with E-state index < -0.39 is 0 Å². The Balaban J connectivity index is 2.56. The minimum Gasteiger partial charge on any atom is -0.383 e. The number of aromatic nitrogens is 2. The summed E-state index contributed by atoms with van der Waals surface area (Å²) in [6.07, 6.45) is 3.24. The highest BCUT2D eigenvalue weighted by atomic mass is 127. The number of hydrogen-bond acceptors (Lipinski definition) is 3. The largest absolute Gasteiger partial charge is 0.383 e. The second kappa shape index (κ2) is 5.30. The Kier molecular flexibility index (Phi) is 4.33. The molecule has 5 nitrogen and oxygen atoms in total. The third kappa shape index (κ3) is 2.95. The molecule has 78 valence electrons. The highest BCUT2D eigenvalue weighted by molar-refractivity contribution is 14.1. The van der Waals surface area contributed by atoms with Gasteiger partial charge in [-0.1, -0.05) is 0 Å². The Morgan fingerprint density at radius 2 is 2.50 bits per heavy atom. The third-order valence-corrected chi connectivity index (χ3v) is 2.30. The van der Waals surface area contributed by atoms with Crippen molar-refractivity contribution in [3.8, 4) is 0 Å². The fourth-order valence-corrected chi connectivity index (χ4v) is 1.38. The van der Waals surface area contributed by atoms with Crippen molar-refractivity contribution in [2.75, 3.05) is 27.3 Å². The second-order valence-corrected chi connectivity index (χ2v) is 3.83. The quantitative estimate of drug-likeness (QED) is 0.773. The van der Waals surface area contributed by atoms with Crippen LogP contribution in [0.25, 0.3) is 0 Å². The summed E-state index contributed by atoms with van der Waals surface area (Å²) in [5.41, 5.74) is 0.595. The first-order chi connectivity index (χ1) is 6.65. The Hall–Kier alpha value is -0.630. The van der Waals surface area contributed by atoms with Crippen LogP contribution >= 0.6 is 22.9 Å². The van der Waals surface area contributed by atoms with Crippen LogP contribution in [0.2, 0.25) is 0 Å². The summed E-state index contributed by atoms with van der Waals surface area (Å²) >= 11 is 2.00. The lowest BCUT2D eigenvalue weighted by atomic mass is 10.3. The molecule has 1 heterocycles. The SMILES string of the molecule is COCCN(C)C(=O)c1cnn(I)c1. The average Bonchev–Trinajstić information content (AvgIpc) is 2.60. The number of methoxy groups -OCH3 is 1. The van der Waals surface area contributed by atoms with Gasteiger partial charge in [-0.2, -0.15) is 5.10 Å². The van der Waals surface area contributed by atoms with E-state index in [0.29, 0.717) is 18.7 Å². The van der Waals surface area contributed by atoms with E-state index in [9.17, 15) is 4.79 Å². The van der Waals surface area contributed by atoms with E-state index in [4.69, 9.17) is 4.74 Å². The summed E-state index contributed by atoms with van der Waals surface area (Å²) in [6.45, 7) is 1.13. The van der Waals surface area contributed by atoms with Gasteiger partial charge in [0.1, 0.15) is 0 Å². The molecule has 0 aromatic carbocycles. The van der Waals surface area contributed by atoms with Gasteiger partial charge in [0, 0.05) is 26.9 Å². The highest BCUT2D eigenvalue weighted by Gasteiger charge is 2.12. The summed E-state index contributed by atoms with van der Waals surface area (Å²) in [4.78, 5) is 13.3. The molecular weight excluding hydrogens is 297 g/mol. The summed E-state index contributed by atoms with van der Waals surface area (Å²) < 4.78 is 6.47. The molecule has 0 fully saturated rings. The van der Waals surface area contributed by atoms with Crippen LogP contribution in [0, 0.1) is 0 Å². The summed E-state index contributed by atoms with van der Waals surface area (Å²) in [5.74, 6) is -0.0371. The Labute approximate surface area is 96.5 Å². The molecule has 0 aliphatic rings. The van der Waals surface area contributed by atoms with Gasteiger partial charge in [-0.25, -0.2) is 2.90 Å². The molecule has 1 rings (SSSR count). The number of ether oxygens (including phenoxy) is 1. The maximum Gasteiger partial charge on any atom is 0.256 e. The van der Waals surface area contributed by atoms with Gasteiger partial charge in [-0.15, -0.1) is 0 Å². The van der Waals surface area contributed by atoms with Gasteiger partial charge in [0.15, 0.2) is 0 Å². The van der Waals surface area contributed by atoms with Crippen LogP contribution in [-0.2, 0) is 4.74 Å². The van der Waals surface area contributed by atoms with Crippen molar-refractivity contribution < 1.29 is 9.53 Å². The maximum atomic E-state index is 11.7. The predicted octanol–water partition coefficient (Wildman–Crippen LogP) is 0.800. The van der Waals surface area contributed by atoms with Gasteiger partial charge in [0.2, 0.25) is 0 Å². The Morgan fingerprint density at radius 1 is 1.79 bits per heavy atom. The van der Waals surface area contributed by atoms with Crippen molar-refractivity contribution in [2.45, 2.75) is 0 Å². The van der Waals surface area contributed by atoms with E-state index in [0.717, 1.165) is 0 Å². The molecule has 0 saturated carbocycles. The molecule has 6 heteroatoms. The van der Waals surface area contributed by atoms with E-state index in [1.807, 2.05) is 22.9 Å².